The SMILES string of the molecule is CC(C)N(Cc1cccs1)C1CCC1C(=O)O. The minimum atomic E-state index is -0.641. The molecule has 1 aromatic rings. The van der Waals surface area contributed by atoms with Gasteiger partial charge < -0.3 is 5.11 Å². The molecule has 1 heterocycles. The van der Waals surface area contributed by atoms with E-state index in [1.165, 1.54) is 4.88 Å². The second-order valence-corrected chi connectivity index (χ2v) is 5.97. The average molecular weight is 253 g/mol. The highest BCUT2D eigenvalue weighted by atomic mass is 32.1. The maximum absolute atomic E-state index is 11.1. The van der Waals surface area contributed by atoms with E-state index in [-0.39, 0.29) is 12.0 Å². The van der Waals surface area contributed by atoms with Crippen molar-refractivity contribution >= 4 is 17.3 Å². The molecule has 1 N–H and O–H groups in total. The van der Waals surface area contributed by atoms with Crippen LogP contribution in [0.25, 0.3) is 0 Å². The van der Waals surface area contributed by atoms with Gasteiger partial charge >= 0.3 is 5.97 Å². The van der Waals surface area contributed by atoms with Gasteiger partial charge in [0.15, 0.2) is 0 Å². The maximum Gasteiger partial charge on any atom is 0.308 e. The summed E-state index contributed by atoms with van der Waals surface area (Å²) in [7, 11) is 0. The average Bonchev–Trinajstić information content (AvgIpc) is 2.66. The first-order chi connectivity index (χ1) is 8.09. The van der Waals surface area contributed by atoms with E-state index >= 15 is 0 Å². The molecule has 4 heteroatoms. The van der Waals surface area contributed by atoms with Crippen molar-refractivity contribution in [2.75, 3.05) is 0 Å². The first kappa shape index (κ1) is 12.6. The molecule has 2 unspecified atom stereocenters. The highest BCUT2D eigenvalue weighted by molar-refractivity contribution is 7.09. The number of rotatable bonds is 5. The summed E-state index contributed by atoms with van der Waals surface area (Å²) < 4.78 is 0. The molecule has 0 saturated heterocycles. The van der Waals surface area contributed by atoms with Crippen molar-refractivity contribution in [3.05, 3.63) is 22.4 Å². The Morgan fingerprint density at radius 2 is 2.35 bits per heavy atom. The first-order valence-corrected chi connectivity index (χ1v) is 6.98. The summed E-state index contributed by atoms with van der Waals surface area (Å²) in [5.74, 6) is -0.810. The second-order valence-electron chi connectivity index (χ2n) is 4.93. The van der Waals surface area contributed by atoms with Crippen molar-refractivity contribution in [3.8, 4) is 0 Å². The number of carboxylic acid groups (broad SMARTS) is 1. The van der Waals surface area contributed by atoms with Crippen LogP contribution in [-0.2, 0) is 11.3 Å². The van der Waals surface area contributed by atoms with E-state index < -0.39 is 5.97 Å². The molecule has 1 saturated carbocycles. The second kappa shape index (κ2) is 5.19. The molecule has 94 valence electrons. The standard InChI is InChI=1S/C13H19NO2S/c1-9(2)14(8-10-4-3-7-17-10)12-6-5-11(12)13(15)16/h3-4,7,9,11-12H,5-6,8H2,1-2H3,(H,15,16). The van der Waals surface area contributed by atoms with Crippen molar-refractivity contribution in [1.29, 1.82) is 0 Å². The predicted octanol–water partition coefficient (Wildman–Crippen LogP) is 2.82. The number of carboxylic acids is 1. The molecule has 1 aliphatic rings. The quantitative estimate of drug-likeness (QED) is 0.877. The molecule has 1 aliphatic carbocycles. The number of carbonyl (C=O) groups is 1. The van der Waals surface area contributed by atoms with Crippen LogP contribution in [0.5, 0.6) is 0 Å². The summed E-state index contributed by atoms with van der Waals surface area (Å²) in [5.41, 5.74) is 0. The molecule has 0 bridgehead atoms. The zero-order chi connectivity index (χ0) is 12.4. The lowest BCUT2D eigenvalue weighted by Crippen LogP contribution is -2.52. The molecule has 3 nitrogen and oxygen atoms in total. The van der Waals surface area contributed by atoms with Crippen LogP contribution >= 0.6 is 11.3 Å². The van der Waals surface area contributed by atoms with Gasteiger partial charge in [-0.05, 0) is 38.1 Å². The normalized spacial score (nSPS) is 24.0. The third-order valence-corrected chi connectivity index (χ3v) is 4.42. The number of nitrogens with zero attached hydrogens (tertiary/aromatic N) is 1. The van der Waals surface area contributed by atoms with Gasteiger partial charge in [-0.25, -0.2) is 0 Å². The number of hydrogen-bond donors (Lipinski definition) is 1. The van der Waals surface area contributed by atoms with E-state index in [1.807, 2.05) is 6.07 Å². The van der Waals surface area contributed by atoms with Crippen LogP contribution in [0, 0.1) is 5.92 Å². The number of thiophene rings is 1. The van der Waals surface area contributed by atoms with Gasteiger partial charge in [-0.2, -0.15) is 0 Å². The Kier molecular flexibility index (Phi) is 3.84. The van der Waals surface area contributed by atoms with Gasteiger partial charge in [0, 0.05) is 23.5 Å². The fourth-order valence-corrected chi connectivity index (χ4v) is 3.15. The molecule has 17 heavy (non-hydrogen) atoms. The zero-order valence-corrected chi connectivity index (χ0v) is 11.1. The van der Waals surface area contributed by atoms with Crippen LogP contribution in [0.4, 0.5) is 0 Å². The summed E-state index contributed by atoms with van der Waals surface area (Å²) >= 11 is 1.74. The summed E-state index contributed by atoms with van der Waals surface area (Å²) in [6.07, 6.45) is 1.84. The van der Waals surface area contributed by atoms with Gasteiger partial charge in [0.05, 0.1) is 5.92 Å². The molecule has 2 atom stereocenters. The highest BCUT2D eigenvalue weighted by Crippen LogP contribution is 2.34. The van der Waals surface area contributed by atoms with Crippen molar-refractivity contribution in [2.45, 2.75) is 45.3 Å². The Morgan fingerprint density at radius 1 is 1.59 bits per heavy atom. The van der Waals surface area contributed by atoms with Gasteiger partial charge in [-0.3, -0.25) is 9.69 Å². The summed E-state index contributed by atoms with van der Waals surface area (Å²) in [6.45, 7) is 5.17. The van der Waals surface area contributed by atoms with Crippen LogP contribution in [0.3, 0.4) is 0 Å². The van der Waals surface area contributed by atoms with Gasteiger partial charge in [-0.15, -0.1) is 11.3 Å². The van der Waals surface area contributed by atoms with Crippen LogP contribution in [-0.4, -0.2) is 28.1 Å². The Morgan fingerprint density at radius 3 is 2.76 bits per heavy atom. The third-order valence-electron chi connectivity index (χ3n) is 3.56. The van der Waals surface area contributed by atoms with Crippen molar-refractivity contribution in [1.82, 2.24) is 4.90 Å². The lowest BCUT2D eigenvalue weighted by atomic mass is 9.78. The zero-order valence-electron chi connectivity index (χ0n) is 10.3. The monoisotopic (exact) mass is 253 g/mol. The van der Waals surface area contributed by atoms with E-state index in [0.717, 1.165) is 19.4 Å². The molecule has 0 spiro atoms. The molecule has 2 rings (SSSR count). The smallest absolute Gasteiger partial charge is 0.308 e. The Labute approximate surface area is 106 Å². The van der Waals surface area contributed by atoms with Crippen LogP contribution in [0.2, 0.25) is 0 Å². The molecule has 0 aromatic carbocycles. The molecular weight excluding hydrogens is 234 g/mol. The predicted molar refractivity (Wildman–Crippen MR) is 69.1 cm³/mol. The third kappa shape index (κ3) is 2.69. The molecule has 0 amide bonds. The van der Waals surface area contributed by atoms with E-state index in [0.29, 0.717) is 6.04 Å². The highest BCUT2D eigenvalue weighted by Gasteiger charge is 2.41. The lowest BCUT2D eigenvalue weighted by molar-refractivity contribution is -0.149. The fraction of sp³-hybridized carbons (Fsp3) is 0.615. The minimum absolute atomic E-state index is 0.169. The Balaban J connectivity index is 2.05. The van der Waals surface area contributed by atoms with Gasteiger partial charge in [0.2, 0.25) is 0 Å². The lowest BCUT2D eigenvalue weighted by Gasteiger charge is -2.44. The van der Waals surface area contributed by atoms with E-state index in [1.54, 1.807) is 11.3 Å². The molecule has 0 radical (unpaired) electrons. The Bertz CT molecular complexity index is 375. The summed E-state index contributed by atoms with van der Waals surface area (Å²) in [5, 5.41) is 11.2. The van der Waals surface area contributed by atoms with Gasteiger partial charge in [-0.1, -0.05) is 6.07 Å². The first-order valence-electron chi connectivity index (χ1n) is 6.10. The van der Waals surface area contributed by atoms with Crippen LogP contribution in [0.1, 0.15) is 31.6 Å². The van der Waals surface area contributed by atoms with E-state index in [9.17, 15) is 4.79 Å². The Hall–Kier alpha value is -0.870. The van der Waals surface area contributed by atoms with Crippen LogP contribution in [0.15, 0.2) is 17.5 Å². The topological polar surface area (TPSA) is 40.5 Å². The van der Waals surface area contributed by atoms with Gasteiger partial charge in [0.1, 0.15) is 0 Å². The molecule has 1 fully saturated rings. The van der Waals surface area contributed by atoms with Crippen molar-refractivity contribution < 1.29 is 9.90 Å². The molecular formula is C13H19NO2S. The molecule has 0 aliphatic heterocycles. The van der Waals surface area contributed by atoms with E-state index in [4.69, 9.17) is 5.11 Å². The fourth-order valence-electron chi connectivity index (χ4n) is 2.43. The van der Waals surface area contributed by atoms with Crippen molar-refractivity contribution in [3.63, 3.8) is 0 Å². The molecule has 1 aromatic heterocycles. The number of aliphatic carboxylic acids is 1. The maximum atomic E-state index is 11.1. The van der Waals surface area contributed by atoms with Crippen molar-refractivity contribution in [2.24, 2.45) is 5.92 Å². The summed E-state index contributed by atoms with van der Waals surface area (Å²) in [6, 6.07) is 4.78. The van der Waals surface area contributed by atoms with Gasteiger partial charge in [0.25, 0.3) is 0 Å². The van der Waals surface area contributed by atoms with Crippen LogP contribution < -0.4 is 0 Å². The minimum Gasteiger partial charge on any atom is -0.481 e. The number of hydrogen-bond acceptors (Lipinski definition) is 3. The summed E-state index contributed by atoms with van der Waals surface area (Å²) in [4.78, 5) is 14.7. The van der Waals surface area contributed by atoms with E-state index in [2.05, 4.69) is 30.2 Å². The largest absolute Gasteiger partial charge is 0.481 e.